The molecule has 2 heterocycles. The molecule has 124 valence electrons. The van der Waals surface area contributed by atoms with Crippen LogP contribution in [0.2, 0.25) is 5.02 Å². The minimum absolute atomic E-state index is 0. The van der Waals surface area contributed by atoms with E-state index in [9.17, 15) is 4.79 Å². The third kappa shape index (κ3) is 4.39. The molecule has 1 aliphatic rings. The molecule has 0 bridgehead atoms. The number of hydrogen-bond donors (Lipinski definition) is 2. The van der Waals surface area contributed by atoms with E-state index in [1.54, 1.807) is 6.07 Å². The number of hydrogen-bond acceptors (Lipinski definition) is 6. The smallest absolute Gasteiger partial charge is 0.246 e. The third-order valence-electron chi connectivity index (χ3n) is 3.33. The number of ether oxygens (including phenoxy) is 1. The third-order valence-corrected chi connectivity index (χ3v) is 4.45. The summed E-state index contributed by atoms with van der Waals surface area (Å²) in [5.41, 5.74) is 0.873. The summed E-state index contributed by atoms with van der Waals surface area (Å²) in [6, 6.07) is 6.98. The van der Waals surface area contributed by atoms with Crippen LogP contribution in [0.25, 0.3) is 10.6 Å². The highest BCUT2D eigenvalue weighted by molar-refractivity contribution is 7.18. The Morgan fingerprint density at radius 1 is 1.48 bits per heavy atom. The number of benzene rings is 1. The van der Waals surface area contributed by atoms with E-state index in [-0.39, 0.29) is 30.5 Å². The van der Waals surface area contributed by atoms with Crippen LogP contribution in [-0.2, 0) is 9.53 Å². The Kier molecular flexibility index (Phi) is 6.32. The Labute approximate surface area is 149 Å². The summed E-state index contributed by atoms with van der Waals surface area (Å²) >= 11 is 7.27. The zero-order valence-corrected chi connectivity index (χ0v) is 14.7. The highest BCUT2D eigenvalue weighted by Gasteiger charge is 2.28. The van der Waals surface area contributed by atoms with Gasteiger partial charge in [0.2, 0.25) is 11.0 Å². The van der Waals surface area contributed by atoms with Gasteiger partial charge in [-0.3, -0.25) is 10.1 Å². The molecule has 6 nitrogen and oxygen atoms in total. The number of halogens is 2. The van der Waals surface area contributed by atoms with E-state index in [1.165, 1.54) is 11.3 Å². The van der Waals surface area contributed by atoms with Crippen LogP contribution < -0.4 is 10.6 Å². The fraction of sp³-hybridized carbons (Fsp3) is 0.357. The summed E-state index contributed by atoms with van der Waals surface area (Å²) in [7, 11) is 0. The average Bonchev–Trinajstić information content (AvgIpc) is 2.96. The predicted octanol–water partition coefficient (Wildman–Crippen LogP) is 2.60. The van der Waals surface area contributed by atoms with Crippen molar-refractivity contribution in [2.24, 2.45) is 0 Å². The lowest BCUT2D eigenvalue weighted by atomic mass is 10.1. The Bertz CT molecular complexity index is 682. The van der Waals surface area contributed by atoms with Crippen molar-refractivity contribution in [1.29, 1.82) is 0 Å². The number of nitrogens with zero attached hydrogens (tertiary/aromatic N) is 2. The maximum absolute atomic E-state index is 12.2. The van der Waals surface area contributed by atoms with E-state index in [2.05, 4.69) is 20.8 Å². The van der Waals surface area contributed by atoms with Crippen LogP contribution in [-0.4, -0.2) is 41.4 Å². The molecule has 9 heteroatoms. The lowest BCUT2D eigenvalue weighted by Crippen LogP contribution is -2.53. The van der Waals surface area contributed by atoms with Gasteiger partial charge in [-0.1, -0.05) is 35.1 Å². The molecule has 0 unspecified atom stereocenters. The quantitative estimate of drug-likeness (QED) is 0.863. The summed E-state index contributed by atoms with van der Waals surface area (Å²) in [5, 5.41) is 15.8. The van der Waals surface area contributed by atoms with Gasteiger partial charge in [-0.25, -0.2) is 0 Å². The maximum atomic E-state index is 12.2. The molecule has 1 amide bonds. The largest absolute Gasteiger partial charge is 0.375 e. The number of morpholine rings is 1. The first-order chi connectivity index (χ1) is 10.6. The van der Waals surface area contributed by atoms with Gasteiger partial charge in [0.25, 0.3) is 0 Å². The van der Waals surface area contributed by atoms with Crippen molar-refractivity contribution in [3.05, 3.63) is 29.3 Å². The molecule has 1 saturated heterocycles. The second-order valence-electron chi connectivity index (χ2n) is 4.92. The molecule has 0 radical (unpaired) electrons. The number of aromatic nitrogens is 2. The van der Waals surface area contributed by atoms with Crippen molar-refractivity contribution in [1.82, 2.24) is 15.5 Å². The molecule has 0 spiro atoms. The van der Waals surface area contributed by atoms with Crippen molar-refractivity contribution >= 4 is 46.4 Å². The lowest BCUT2D eigenvalue weighted by molar-refractivity contribution is -0.123. The first kappa shape index (κ1) is 18.1. The fourth-order valence-electron chi connectivity index (χ4n) is 2.22. The van der Waals surface area contributed by atoms with Crippen molar-refractivity contribution in [2.45, 2.75) is 19.1 Å². The van der Waals surface area contributed by atoms with Crippen LogP contribution in [0.1, 0.15) is 6.92 Å². The van der Waals surface area contributed by atoms with Gasteiger partial charge in [0, 0.05) is 17.1 Å². The van der Waals surface area contributed by atoms with E-state index < -0.39 is 0 Å². The Hall–Kier alpha value is -1.25. The number of rotatable bonds is 3. The number of anilines is 1. The highest BCUT2D eigenvalue weighted by Crippen LogP contribution is 2.28. The van der Waals surface area contributed by atoms with E-state index in [4.69, 9.17) is 16.3 Å². The van der Waals surface area contributed by atoms with Crippen molar-refractivity contribution in [3.8, 4) is 10.6 Å². The van der Waals surface area contributed by atoms with E-state index >= 15 is 0 Å². The van der Waals surface area contributed by atoms with Gasteiger partial charge < -0.3 is 10.1 Å². The molecule has 0 saturated carbocycles. The van der Waals surface area contributed by atoms with Crippen molar-refractivity contribution in [3.63, 3.8) is 0 Å². The fourth-order valence-corrected chi connectivity index (χ4v) is 3.16. The molecule has 1 fully saturated rings. The summed E-state index contributed by atoms with van der Waals surface area (Å²) in [6.07, 6.45) is -0.172. The van der Waals surface area contributed by atoms with Crippen LogP contribution in [0.3, 0.4) is 0 Å². The van der Waals surface area contributed by atoms with Gasteiger partial charge in [-0.15, -0.1) is 22.6 Å². The van der Waals surface area contributed by atoms with Gasteiger partial charge in [0.05, 0.1) is 12.7 Å². The standard InChI is InChI=1S/C14H15ClN4O2S.ClH/c1-8-11(16-5-6-21-8)12(20)17-14-19-18-13(22-14)9-3-2-4-10(15)7-9;/h2-4,7-8,11,16H,5-6H2,1H3,(H,17,19,20);1H/t8-,11+;/m1./s1. The molecular weight excluding hydrogens is 359 g/mol. The second kappa shape index (κ2) is 8.03. The van der Waals surface area contributed by atoms with Gasteiger partial charge in [-0.2, -0.15) is 0 Å². The predicted molar refractivity (Wildman–Crippen MR) is 93.4 cm³/mol. The lowest BCUT2D eigenvalue weighted by Gasteiger charge is -2.28. The van der Waals surface area contributed by atoms with Crippen LogP contribution in [0.15, 0.2) is 24.3 Å². The molecule has 1 aromatic carbocycles. The zero-order chi connectivity index (χ0) is 15.5. The monoisotopic (exact) mass is 374 g/mol. The minimum Gasteiger partial charge on any atom is -0.375 e. The second-order valence-corrected chi connectivity index (χ2v) is 6.33. The summed E-state index contributed by atoms with van der Waals surface area (Å²) < 4.78 is 5.47. The SMILES string of the molecule is C[C@H]1OCCN[C@@H]1C(=O)Nc1nnc(-c2cccc(Cl)c2)s1.Cl. The average molecular weight is 375 g/mol. The molecule has 0 aliphatic carbocycles. The van der Waals surface area contributed by atoms with Crippen LogP contribution in [0.5, 0.6) is 0 Å². The summed E-state index contributed by atoms with van der Waals surface area (Å²) in [6.45, 7) is 3.14. The molecule has 1 aliphatic heterocycles. The normalized spacial score (nSPS) is 20.6. The minimum atomic E-state index is -0.382. The number of nitrogens with one attached hydrogen (secondary N) is 2. The van der Waals surface area contributed by atoms with Crippen molar-refractivity contribution < 1.29 is 9.53 Å². The molecular formula is C14H16Cl2N4O2S. The number of amides is 1. The van der Waals surface area contributed by atoms with E-state index in [1.807, 2.05) is 25.1 Å². The summed E-state index contributed by atoms with van der Waals surface area (Å²) in [5.74, 6) is -0.166. The van der Waals surface area contributed by atoms with Gasteiger partial charge in [-0.05, 0) is 19.1 Å². The topological polar surface area (TPSA) is 76.1 Å². The maximum Gasteiger partial charge on any atom is 0.246 e. The van der Waals surface area contributed by atoms with Gasteiger partial charge in [0.15, 0.2) is 0 Å². The van der Waals surface area contributed by atoms with Crippen LogP contribution in [0.4, 0.5) is 5.13 Å². The molecule has 3 rings (SSSR count). The molecule has 23 heavy (non-hydrogen) atoms. The highest BCUT2D eigenvalue weighted by atomic mass is 35.5. The number of carbonyl (C=O) groups excluding carboxylic acids is 1. The molecule has 2 N–H and O–H groups in total. The molecule has 2 atom stereocenters. The molecule has 1 aromatic heterocycles. The Morgan fingerprint density at radius 2 is 2.30 bits per heavy atom. The first-order valence-corrected chi connectivity index (χ1v) is 8.08. The van der Waals surface area contributed by atoms with Crippen LogP contribution >= 0.6 is 35.3 Å². The van der Waals surface area contributed by atoms with Gasteiger partial charge in [0.1, 0.15) is 11.0 Å². The van der Waals surface area contributed by atoms with Crippen LogP contribution in [0, 0.1) is 0 Å². The first-order valence-electron chi connectivity index (χ1n) is 6.89. The number of carbonyl (C=O) groups is 1. The zero-order valence-electron chi connectivity index (χ0n) is 12.3. The summed E-state index contributed by atoms with van der Waals surface area (Å²) in [4.78, 5) is 12.2. The Balaban J connectivity index is 0.00000192. The van der Waals surface area contributed by atoms with Crippen molar-refractivity contribution in [2.75, 3.05) is 18.5 Å². The van der Waals surface area contributed by atoms with E-state index in [0.717, 1.165) is 5.56 Å². The molecule has 2 aromatic rings. The van der Waals surface area contributed by atoms with Gasteiger partial charge >= 0.3 is 0 Å². The van der Waals surface area contributed by atoms with E-state index in [0.29, 0.717) is 28.3 Å². The Morgan fingerprint density at radius 3 is 3.04 bits per heavy atom.